The van der Waals surface area contributed by atoms with E-state index in [1.54, 1.807) is 18.2 Å². The minimum Gasteiger partial charge on any atom is -0.486 e. The summed E-state index contributed by atoms with van der Waals surface area (Å²) >= 11 is 1.92. The zero-order valence-electron chi connectivity index (χ0n) is 10.8. The van der Waals surface area contributed by atoms with Gasteiger partial charge in [0.2, 0.25) is 0 Å². The number of ether oxygens (including phenoxy) is 3. The summed E-state index contributed by atoms with van der Waals surface area (Å²) in [7, 11) is 1.31. The van der Waals surface area contributed by atoms with Crippen LogP contribution in [0.4, 0.5) is 0 Å². The summed E-state index contributed by atoms with van der Waals surface area (Å²) < 4.78 is 15.1. The maximum atomic E-state index is 12.1. The smallest absolute Gasteiger partial charge is 0.320 e. The van der Waals surface area contributed by atoms with E-state index in [1.807, 2.05) is 22.6 Å². The highest BCUT2D eigenvalue weighted by Crippen LogP contribution is 2.33. The first-order chi connectivity index (χ1) is 9.63. The molecule has 1 amide bonds. The van der Waals surface area contributed by atoms with E-state index in [1.165, 1.54) is 7.11 Å². The second-order valence-corrected chi connectivity index (χ2v) is 5.53. The van der Waals surface area contributed by atoms with Crippen molar-refractivity contribution < 1.29 is 23.8 Å². The van der Waals surface area contributed by atoms with E-state index in [2.05, 4.69) is 10.1 Å². The van der Waals surface area contributed by atoms with Gasteiger partial charge in [-0.1, -0.05) is 28.7 Å². The highest BCUT2D eigenvalue weighted by Gasteiger charge is 2.22. The summed E-state index contributed by atoms with van der Waals surface area (Å²) in [5.41, 5.74) is 0.399. The number of benzene rings is 1. The summed E-state index contributed by atoms with van der Waals surface area (Å²) in [6.07, 6.45) is 0. The molecule has 1 aromatic rings. The largest absolute Gasteiger partial charge is 0.486 e. The first-order valence-electron chi connectivity index (χ1n) is 6.02. The number of nitrogens with one attached hydrogen (secondary N) is 1. The molecule has 1 heterocycles. The summed E-state index contributed by atoms with van der Waals surface area (Å²) in [5.74, 6) is 0.320. The molecular formula is C13H14INO5. The van der Waals surface area contributed by atoms with Crippen LogP contribution in [-0.4, -0.2) is 42.7 Å². The number of fused-ring (bicyclic) bond motifs is 1. The predicted molar refractivity (Wildman–Crippen MR) is 79.6 cm³/mol. The molecule has 1 atom stereocenters. The lowest BCUT2D eigenvalue weighted by Gasteiger charge is -2.20. The molecule has 0 radical (unpaired) electrons. The Labute approximate surface area is 129 Å². The van der Waals surface area contributed by atoms with Crippen molar-refractivity contribution in [1.82, 2.24) is 5.32 Å². The van der Waals surface area contributed by atoms with Gasteiger partial charge in [-0.3, -0.25) is 9.59 Å². The lowest BCUT2D eigenvalue weighted by atomic mass is 10.1. The van der Waals surface area contributed by atoms with Crippen LogP contribution in [0.5, 0.6) is 11.5 Å². The molecule has 0 saturated carbocycles. The Bertz CT molecular complexity index is 519. The Morgan fingerprint density at radius 3 is 2.90 bits per heavy atom. The highest BCUT2D eigenvalue weighted by molar-refractivity contribution is 14.1. The summed E-state index contributed by atoms with van der Waals surface area (Å²) in [4.78, 5) is 23.4. The first kappa shape index (κ1) is 14.9. The van der Waals surface area contributed by atoms with Crippen LogP contribution in [0.3, 0.4) is 0 Å². The third-order valence-electron chi connectivity index (χ3n) is 2.71. The fourth-order valence-corrected chi connectivity index (χ4v) is 2.22. The van der Waals surface area contributed by atoms with E-state index in [9.17, 15) is 9.59 Å². The van der Waals surface area contributed by atoms with Crippen molar-refractivity contribution in [3.05, 3.63) is 23.8 Å². The molecule has 1 aliphatic heterocycles. The van der Waals surface area contributed by atoms with Crippen LogP contribution in [-0.2, 0) is 9.53 Å². The summed E-state index contributed by atoms with van der Waals surface area (Å²) in [6, 6.07) is 5.13. The van der Waals surface area contributed by atoms with Gasteiger partial charge in [-0.05, 0) is 12.1 Å². The van der Waals surface area contributed by atoms with Gasteiger partial charge in [-0.2, -0.15) is 0 Å². The van der Waals surface area contributed by atoms with E-state index >= 15 is 0 Å². The number of hydrogen-bond donors (Lipinski definition) is 1. The van der Waals surface area contributed by atoms with Crippen LogP contribution in [0, 0.1) is 0 Å². The van der Waals surface area contributed by atoms with Crippen LogP contribution in [0.25, 0.3) is 0 Å². The predicted octanol–water partition coefficient (Wildman–Crippen LogP) is 1.16. The van der Waals surface area contributed by atoms with E-state index in [-0.39, 0.29) is 18.4 Å². The number of rotatable bonds is 4. The Morgan fingerprint density at radius 2 is 2.15 bits per heavy atom. The minimum atomic E-state index is -0.432. The van der Waals surface area contributed by atoms with Crippen molar-refractivity contribution >= 4 is 34.5 Å². The van der Waals surface area contributed by atoms with Crippen LogP contribution in [0.15, 0.2) is 18.2 Å². The van der Waals surface area contributed by atoms with Crippen LogP contribution >= 0.6 is 22.6 Å². The van der Waals surface area contributed by atoms with Crippen LogP contribution in [0.2, 0.25) is 0 Å². The monoisotopic (exact) mass is 391 g/mol. The van der Waals surface area contributed by atoms with E-state index in [0.717, 1.165) is 0 Å². The number of esters is 1. The molecule has 1 aliphatic rings. The minimum absolute atomic E-state index is 0.191. The van der Waals surface area contributed by atoms with Crippen molar-refractivity contribution in [2.75, 3.05) is 26.9 Å². The van der Waals surface area contributed by atoms with E-state index < -0.39 is 3.92 Å². The fraction of sp³-hybridized carbons (Fsp3) is 0.385. The third kappa shape index (κ3) is 3.33. The van der Waals surface area contributed by atoms with Gasteiger partial charge in [0, 0.05) is 6.54 Å². The van der Waals surface area contributed by atoms with E-state index in [4.69, 9.17) is 9.47 Å². The molecule has 0 fully saturated rings. The number of hydrogen-bond acceptors (Lipinski definition) is 5. The number of carbonyl (C=O) groups excluding carboxylic acids is 2. The van der Waals surface area contributed by atoms with Crippen LogP contribution < -0.4 is 14.8 Å². The fourth-order valence-electron chi connectivity index (χ4n) is 1.74. The maximum Gasteiger partial charge on any atom is 0.320 e. The number of alkyl halides is 1. The lowest BCUT2D eigenvalue weighted by Crippen LogP contribution is -2.34. The molecule has 1 aromatic carbocycles. The molecule has 2 rings (SSSR count). The van der Waals surface area contributed by atoms with Gasteiger partial charge in [0.05, 0.1) is 12.7 Å². The molecule has 20 heavy (non-hydrogen) atoms. The van der Waals surface area contributed by atoms with E-state index in [0.29, 0.717) is 30.3 Å². The Balaban J connectivity index is 2.05. The van der Waals surface area contributed by atoms with Gasteiger partial charge >= 0.3 is 5.97 Å². The molecule has 0 aromatic heterocycles. The molecule has 1 unspecified atom stereocenters. The number of para-hydroxylation sites is 1. The van der Waals surface area contributed by atoms with Crippen molar-refractivity contribution in [3.8, 4) is 11.5 Å². The molecule has 0 spiro atoms. The van der Waals surface area contributed by atoms with Gasteiger partial charge in [-0.25, -0.2) is 0 Å². The second-order valence-electron chi connectivity index (χ2n) is 4.03. The second kappa shape index (κ2) is 6.78. The molecule has 108 valence electrons. The quantitative estimate of drug-likeness (QED) is 0.474. The molecule has 1 N–H and O–H groups in total. The highest BCUT2D eigenvalue weighted by atomic mass is 127. The zero-order chi connectivity index (χ0) is 14.5. The topological polar surface area (TPSA) is 73.9 Å². The van der Waals surface area contributed by atoms with Crippen molar-refractivity contribution in [2.24, 2.45) is 0 Å². The Hall–Kier alpha value is -1.51. The van der Waals surface area contributed by atoms with Gasteiger partial charge in [0.15, 0.2) is 11.5 Å². The summed E-state index contributed by atoms with van der Waals surface area (Å²) in [5, 5.41) is 2.68. The molecule has 0 aliphatic carbocycles. The average molecular weight is 391 g/mol. The standard InChI is InChI=1S/C13H14INO5/c1-18-13(17)9(14)7-15-12(16)8-3-2-4-10-11(8)20-6-5-19-10/h2-4,9H,5-7H2,1H3,(H,15,16). The van der Waals surface area contributed by atoms with Crippen LogP contribution in [0.1, 0.15) is 10.4 Å². The molecule has 6 nitrogen and oxygen atoms in total. The number of methoxy groups -OCH3 is 1. The van der Waals surface area contributed by atoms with Gasteiger partial charge in [0.25, 0.3) is 5.91 Å². The lowest BCUT2D eigenvalue weighted by molar-refractivity contribution is -0.139. The normalized spacial score (nSPS) is 14.3. The average Bonchev–Trinajstić information content (AvgIpc) is 2.50. The Kier molecular flexibility index (Phi) is 5.05. The van der Waals surface area contributed by atoms with Gasteiger partial charge in [0.1, 0.15) is 17.1 Å². The summed E-state index contributed by atoms with van der Waals surface area (Å²) in [6.45, 7) is 1.07. The van der Waals surface area contributed by atoms with Crippen molar-refractivity contribution in [3.63, 3.8) is 0 Å². The van der Waals surface area contributed by atoms with Crippen molar-refractivity contribution in [1.29, 1.82) is 0 Å². The SMILES string of the molecule is COC(=O)C(I)CNC(=O)c1cccc2c1OCCO2. The maximum absolute atomic E-state index is 12.1. The number of halogens is 1. The third-order valence-corrected chi connectivity index (χ3v) is 3.66. The number of amides is 1. The number of carbonyl (C=O) groups is 2. The van der Waals surface area contributed by atoms with Crippen molar-refractivity contribution in [2.45, 2.75) is 3.92 Å². The Morgan fingerprint density at radius 1 is 1.40 bits per heavy atom. The molecule has 0 bridgehead atoms. The first-order valence-corrected chi connectivity index (χ1v) is 7.26. The van der Waals surface area contributed by atoms with Gasteiger partial charge in [-0.15, -0.1) is 0 Å². The molecule has 0 saturated heterocycles. The van der Waals surface area contributed by atoms with Gasteiger partial charge < -0.3 is 19.5 Å². The molecule has 7 heteroatoms. The zero-order valence-corrected chi connectivity index (χ0v) is 13.0. The molecular weight excluding hydrogens is 377 g/mol.